The van der Waals surface area contributed by atoms with Crippen molar-refractivity contribution < 1.29 is 32.2 Å². The van der Waals surface area contributed by atoms with E-state index in [1.54, 1.807) is 51.2 Å². The molecule has 0 aliphatic carbocycles. The molecule has 0 unspecified atom stereocenters. The lowest BCUT2D eigenvalue weighted by atomic mass is 9.89. The smallest absolute Gasteiger partial charge is 0.271 e. The van der Waals surface area contributed by atoms with Crippen molar-refractivity contribution in [2.75, 3.05) is 13.2 Å². The van der Waals surface area contributed by atoms with Crippen LogP contribution >= 0.6 is 0 Å². The molecule has 1 saturated heterocycles. The van der Waals surface area contributed by atoms with Gasteiger partial charge in [-0.05, 0) is 62.7 Å². The minimum Gasteiger partial charge on any atom is -0.485 e. The van der Waals surface area contributed by atoms with Gasteiger partial charge in [-0.15, -0.1) is 0 Å². The first-order chi connectivity index (χ1) is 18.1. The molecule has 1 N–H and O–H groups in total. The second-order valence-electron chi connectivity index (χ2n) is 9.62. The lowest BCUT2D eigenvalue weighted by Crippen LogP contribution is -2.58. The van der Waals surface area contributed by atoms with E-state index in [1.165, 1.54) is 22.6 Å². The van der Waals surface area contributed by atoms with E-state index in [2.05, 4.69) is 10.3 Å². The number of halogens is 3. The molecule has 10 heteroatoms. The van der Waals surface area contributed by atoms with Gasteiger partial charge in [0.15, 0.2) is 17.2 Å². The Bertz CT molecular complexity index is 1490. The van der Waals surface area contributed by atoms with Crippen LogP contribution in [0.3, 0.4) is 0 Å². The van der Waals surface area contributed by atoms with E-state index in [0.717, 1.165) is 12.1 Å². The van der Waals surface area contributed by atoms with Gasteiger partial charge in [-0.25, -0.2) is 18.2 Å². The largest absolute Gasteiger partial charge is 0.485 e. The average molecular weight is 526 g/mol. The summed E-state index contributed by atoms with van der Waals surface area (Å²) in [6, 6.07) is 12.7. The minimum absolute atomic E-state index is 0.0491. The molecule has 5 rings (SSSR count). The average Bonchev–Trinajstić information content (AvgIpc) is 3.22. The fourth-order valence-electron chi connectivity index (χ4n) is 4.41. The Labute approximate surface area is 217 Å². The molecule has 2 aromatic heterocycles. The Morgan fingerprint density at radius 1 is 1.05 bits per heavy atom. The van der Waals surface area contributed by atoms with Crippen LogP contribution in [0.4, 0.5) is 13.2 Å². The topological polar surface area (TPSA) is 74.1 Å². The Kier molecular flexibility index (Phi) is 6.62. The number of aryl methyl sites for hydroxylation is 1. The molecular weight excluding hydrogens is 499 g/mol. The highest BCUT2D eigenvalue weighted by Gasteiger charge is 2.43. The second-order valence-corrected chi connectivity index (χ2v) is 9.62. The van der Waals surface area contributed by atoms with Crippen molar-refractivity contribution in [2.45, 2.75) is 38.7 Å². The molecular formula is C28H26F3N3O4. The normalized spacial score (nSPS) is 16.4. The number of benzene rings is 2. The van der Waals surface area contributed by atoms with Crippen LogP contribution in [0.2, 0.25) is 0 Å². The van der Waals surface area contributed by atoms with E-state index in [0.29, 0.717) is 16.9 Å². The molecule has 0 radical (unpaired) electrons. The Hall–Kier alpha value is -3.89. The number of amides is 1. The van der Waals surface area contributed by atoms with Crippen molar-refractivity contribution in [3.05, 3.63) is 101 Å². The van der Waals surface area contributed by atoms with E-state index in [9.17, 15) is 18.0 Å². The standard InChI is InChI=1S/C28H26F3N3O4/c1-17-24(26(35)33-28(15-37-27(2,3)38-16-28)18-7-4-8-19(29)13-18)34-12-6-11-23(25(34)32-17)36-14-20-21(30)9-5-10-22(20)31/h4-13H,14-16H2,1-3H3,(H,33,35). The summed E-state index contributed by atoms with van der Waals surface area (Å²) < 4.78 is 61.3. The van der Waals surface area contributed by atoms with E-state index >= 15 is 0 Å². The summed E-state index contributed by atoms with van der Waals surface area (Å²) in [4.78, 5) is 18.2. The van der Waals surface area contributed by atoms with Crippen molar-refractivity contribution in [3.8, 4) is 5.75 Å². The van der Waals surface area contributed by atoms with E-state index in [-0.39, 0.29) is 36.8 Å². The number of rotatable bonds is 6. The number of carbonyl (C=O) groups excluding carboxylic acids is 1. The third-order valence-corrected chi connectivity index (χ3v) is 6.50. The van der Waals surface area contributed by atoms with Crippen molar-refractivity contribution >= 4 is 11.6 Å². The fraction of sp³-hybridized carbons (Fsp3) is 0.286. The van der Waals surface area contributed by atoms with Gasteiger partial charge in [0.05, 0.1) is 24.5 Å². The number of pyridine rings is 1. The molecule has 0 spiro atoms. The van der Waals surface area contributed by atoms with Gasteiger partial charge in [0.1, 0.15) is 35.3 Å². The van der Waals surface area contributed by atoms with Crippen molar-refractivity contribution in [1.29, 1.82) is 0 Å². The van der Waals surface area contributed by atoms with Crippen molar-refractivity contribution in [3.63, 3.8) is 0 Å². The van der Waals surface area contributed by atoms with Crippen LogP contribution in [0.5, 0.6) is 5.75 Å². The van der Waals surface area contributed by atoms with Crippen LogP contribution in [0, 0.1) is 24.4 Å². The highest BCUT2D eigenvalue weighted by Crippen LogP contribution is 2.33. The molecule has 1 amide bonds. The summed E-state index contributed by atoms with van der Waals surface area (Å²) >= 11 is 0. The molecule has 2 aromatic carbocycles. The number of ether oxygens (including phenoxy) is 3. The number of hydrogen-bond donors (Lipinski definition) is 1. The van der Waals surface area contributed by atoms with Crippen LogP contribution in [-0.2, 0) is 21.6 Å². The van der Waals surface area contributed by atoms with Gasteiger partial charge in [-0.3, -0.25) is 9.20 Å². The first-order valence-electron chi connectivity index (χ1n) is 12.0. The third kappa shape index (κ3) is 4.84. The van der Waals surface area contributed by atoms with Crippen molar-refractivity contribution in [1.82, 2.24) is 14.7 Å². The van der Waals surface area contributed by atoms with E-state index in [4.69, 9.17) is 14.2 Å². The monoisotopic (exact) mass is 525 g/mol. The van der Waals surface area contributed by atoms with Crippen LogP contribution in [-0.4, -0.2) is 34.3 Å². The predicted molar refractivity (Wildman–Crippen MR) is 132 cm³/mol. The summed E-state index contributed by atoms with van der Waals surface area (Å²) in [5, 5.41) is 2.98. The highest BCUT2D eigenvalue weighted by molar-refractivity contribution is 5.95. The maximum atomic E-state index is 14.1. The van der Waals surface area contributed by atoms with Gasteiger partial charge >= 0.3 is 0 Å². The van der Waals surface area contributed by atoms with Gasteiger partial charge in [0.25, 0.3) is 5.91 Å². The molecule has 1 aliphatic rings. The lowest BCUT2D eigenvalue weighted by Gasteiger charge is -2.44. The quantitative estimate of drug-likeness (QED) is 0.382. The zero-order chi connectivity index (χ0) is 27.1. The summed E-state index contributed by atoms with van der Waals surface area (Å²) in [5.41, 5.74) is 0.00812. The van der Waals surface area contributed by atoms with Gasteiger partial charge in [-0.1, -0.05) is 18.2 Å². The SMILES string of the molecule is Cc1nc2c(OCc3c(F)cccc3F)cccn2c1C(=O)NC1(c2cccc(F)c2)COC(C)(C)OC1. The molecule has 38 heavy (non-hydrogen) atoms. The highest BCUT2D eigenvalue weighted by atomic mass is 19.1. The molecule has 7 nitrogen and oxygen atoms in total. The van der Waals surface area contributed by atoms with Crippen LogP contribution in [0.25, 0.3) is 5.65 Å². The van der Waals surface area contributed by atoms with Crippen LogP contribution in [0.15, 0.2) is 60.8 Å². The second kappa shape index (κ2) is 9.77. The molecule has 198 valence electrons. The fourth-order valence-corrected chi connectivity index (χ4v) is 4.41. The van der Waals surface area contributed by atoms with Crippen molar-refractivity contribution in [2.24, 2.45) is 0 Å². The Morgan fingerprint density at radius 2 is 1.74 bits per heavy atom. The summed E-state index contributed by atoms with van der Waals surface area (Å²) in [6.45, 7) is 4.91. The number of nitrogens with one attached hydrogen (secondary N) is 1. The summed E-state index contributed by atoms with van der Waals surface area (Å²) in [5.74, 6) is -3.03. The zero-order valence-corrected chi connectivity index (χ0v) is 21.1. The number of carbonyl (C=O) groups is 1. The van der Waals surface area contributed by atoms with Crippen LogP contribution in [0.1, 0.15) is 41.2 Å². The van der Waals surface area contributed by atoms with E-state index < -0.39 is 34.7 Å². The molecule has 1 fully saturated rings. The maximum absolute atomic E-state index is 14.1. The lowest BCUT2D eigenvalue weighted by molar-refractivity contribution is -0.272. The van der Waals surface area contributed by atoms with Gasteiger partial charge in [0.2, 0.25) is 0 Å². The number of imidazole rings is 1. The number of nitrogens with zero attached hydrogens (tertiary/aromatic N) is 2. The van der Waals surface area contributed by atoms with Crippen LogP contribution < -0.4 is 10.1 Å². The molecule has 0 saturated carbocycles. The molecule has 4 aromatic rings. The number of hydrogen-bond acceptors (Lipinski definition) is 5. The molecule has 1 aliphatic heterocycles. The summed E-state index contributed by atoms with van der Waals surface area (Å²) in [6.07, 6.45) is 1.63. The Balaban J connectivity index is 1.47. The minimum atomic E-state index is -1.16. The first kappa shape index (κ1) is 25.7. The molecule has 0 bridgehead atoms. The van der Waals surface area contributed by atoms with Gasteiger partial charge in [-0.2, -0.15) is 0 Å². The number of fused-ring (bicyclic) bond motifs is 1. The number of aromatic nitrogens is 2. The van der Waals surface area contributed by atoms with Gasteiger partial charge in [0, 0.05) is 6.20 Å². The zero-order valence-electron chi connectivity index (χ0n) is 21.1. The Morgan fingerprint density at radius 3 is 2.42 bits per heavy atom. The molecule has 0 atom stereocenters. The molecule has 3 heterocycles. The third-order valence-electron chi connectivity index (χ3n) is 6.50. The van der Waals surface area contributed by atoms with Gasteiger partial charge < -0.3 is 19.5 Å². The van der Waals surface area contributed by atoms with E-state index in [1.807, 2.05) is 0 Å². The first-order valence-corrected chi connectivity index (χ1v) is 12.0. The predicted octanol–water partition coefficient (Wildman–Crippen LogP) is 5.05. The summed E-state index contributed by atoms with van der Waals surface area (Å²) in [7, 11) is 0. The maximum Gasteiger partial charge on any atom is 0.271 e.